The molecule has 0 bridgehead atoms. The number of ether oxygens (including phenoxy) is 1. The predicted molar refractivity (Wildman–Crippen MR) is 96.5 cm³/mol. The van der Waals surface area contributed by atoms with Gasteiger partial charge in [-0.2, -0.15) is 0 Å². The molecule has 3 rings (SSSR count). The maximum absolute atomic E-state index is 12.3. The number of rotatable bonds is 4. The molecule has 0 spiro atoms. The van der Waals surface area contributed by atoms with E-state index in [1.165, 1.54) is 16.9 Å². The minimum atomic E-state index is -0.0965. The fourth-order valence-corrected chi connectivity index (χ4v) is 3.82. The number of amides is 1. The highest BCUT2D eigenvalue weighted by molar-refractivity contribution is 7.12. The first-order valence-electron chi connectivity index (χ1n) is 8.19. The number of aryl methyl sites for hydroxylation is 1. The molecule has 1 N–H and O–H groups in total. The summed E-state index contributed by atoms with van der Waals surface area (Å²) in [4.78, 5) is 19.5. The van der Waals surface area contributed by atoms with Crippen LogP contribution in [0.5, 0.6) is 0 Å². The van der Waals surface area contributed by atoms with E-state index in [1.807, 2.05) is 25.1 Å². The average molecular weight is 345 g/mol. The number of aromatic nitrogens is 1. The van der Waals surface area contributed by atoms with Crippen molar-refractivity contribution in [1.82, 2.24) is 9.88 Å². The van der Waals surface area contributed by atoms with Crippen LogP contribution in [-0.4, -0.2) is 41.1 Å². The van der Waals surface area contributed by atoms with Crippen LogP contribution in [0.1, 0.15) is 34.8 Å². The van der Waals surface area contributed by atoms with Crippen molar-refractivity contribution < 1.29 is 9.53 Å². The Balaban J connectivity index is 1.66. The quantitative estimate of drug-likeness (QED) is 0.924. The Hall–Kier alpha value is -1.76. The Morgan fingerprint density at radius 1 is 1.38 bits per heavy atom. The summed E-state index contributed by atoms with van der Waals surface area (Å²) >= 11 is 1.36. The van der Waals surface area contributed by atoms with Crippen LogP contribution in [-0.2, 0) is 11.3 Å². The molecule has 0 unspecified atom stereocenters. The summed E-state index contributed by atoms with van der Waals surface area (Å²) in [5, 5.41) is 2.97. The van der Waals surface area contributed by atoms with Gasteiger partial charge in [0.05, 0.1) is 23.4 Å². The van der Waals surface area contributed by atoms with Crippen molar-refractivity contribution >= 4 is 22.9 Å². The smallest absolute Gasteiger partial charge is 0.267 e. The number of hydrogen-bond acceptors (Lipinski definition) is 5. The molecule has 24 heavy (non-hydrogen) atoms. The van der Waals surface area contributed by atoms with Crippen molar-refractivity contribution in [3.05, 3.63) is 45.9 Å². The van der Waals surface area contributed by atoms with E-state index in [9.17, 15) is 4.79 Å². The van der Waals surface area contributed by atoms with Gasteiger partial charge in [-0.25, -0.2) is 4.98 Å². The SMILES string of the molecule is Cc1ncsc1C(=O)Nc1cccc(CN2C[C@@H](C)O[C@@H](C)C2)c1. The van der Waals surface area contributed by atoms with Gasteiger partial charge in [-0.05, 0) is 38.5 Å². The fraction of sp³-hybridized carbons (Fsp3) is 0.444. The standard InChI is InChI=1S/C18H23N3O2S/c1-12-8-21(9-13(2)23-12)10-15-5-4-6-16(7-15)20-18(22)17-14(3)19-11-24-17/h4-7,11-13H,8-10H2,1-3H3,(H,20,22)/t12-,13+. The number of nitrogens with one attached hydrogen (secondary N) is 1. The lowest BCUT2D eigenvalue weighted by molar-refractivity contribution is -0.0704. The van der Waals surface area contributed by atoms with Crippen molar-refractivity contribution in [2.24, 2.45) is 0 Å². The Labute approximate surface area is 146 Å². The van der Waals surface area contributed by atoms with E-state index in [4.69, 9.17) is 4.74 Å². The van der Waals surface area contributed by atoms with Crippen LogP contribution in [0.2, 0.25) is 0 Å². The molecule has 2 heterocycles. The monoisotopic (exact) mass is 345 g/mol. The third-order valence-corrected chi connectivity index (χ3v) is 4.97. The van der Waals surface area contributed by atoms with Gasteiger partial charge in [0.1, 0.15) is 4.88 Å². The van der Waals surface area contributed by atoms with Crippen molar-refractivity contribution in [3.8, 4) is 0 Å². The summed E-state index contributed by atoms with van der Waals surface area (Å²) in [5.41, 5.74) is 4.47. The van der Waals surface area contributed by atoms with Crippen LogP contribution in [0.25, 0.3) is 0 Å². The predicted octanol–water partition coefficient (Wildman–Crippen LogP) is 3.31. The summed E-state index contributed by atoms with van der Waals surface area (Å²) in [6.07, 6.45) is 0.511. The van der Waals surface area contributed by atoms with Gasteiger partial charge in [0.15, 0.2) is 0 Å². The molecule has 5 nitrogen and oxygen atoms in total. The number of thiazole rings is 1. The zero-order valence-corrected chi connectivity index (χ0v) is 15.1. The van der Waals surface area contributed by atoms with Crippen LogP contribution < -0.4 is 5.32 Å². The van der Waals surface area contributed by atoms with Crippen LogP contribution in [0.3, 0.4) is 0 Å². The summed E-state index contributed by atoms with van der Waals surface area (Å²) in [6.45, 7) is 8.79. The molecule has 0 aliphatic carbocycles. The maximum Gasteiger partial charge on any atom is 0.267 e. The number of nitrogens with zero attached hydrogens (tertiary/aromatic N) is 2. The number of hydrogen-bond donors (Lipinski definition) is 1. The van der Waals surface area contributed by atoms with E-state index in [-0.39, 0.29) is 18.1 Å². The summed E-state index contributed by atoms with van der Waals surface area (Å²) in [6, 6.07) is 8.04. The number of carbonyl (C=O) groups excluding carboxylic acids is 1. The lowest BCUT2D eigenvalue weighted by Gasteiger charge is -2.35. The molecule has 0 radical (unpaired) electrons. The summed E-state index contributed by atoms with van der Waals surface area (Å²) in [7, 11) is 0. The lowest BCUT2D eigenvalue weighted by Crippen LogP contribution is -2.44. The molecular weight excluding hydrogens is 322 g/mol. The van der Waals surface area contributed by atoms with Gasteiger partial charge in [-0.1, -0.05) is 12.1 Å². The second-order valence-corrected chi connectivity index (χ2v) is 7.23. The zero-order valence-electron chi connectivity index (χ0n) is 14.3. The van der Waals surface area contributed by atoms with Gasteiger partial charge < -0.3 is 10.1 Å². The average Bonchev–Trinajstić information content (AvgIpc) is 2.92. The topological polar surface area (TPSA) is 54.5 Å². The second kappa shape index (κ2) is 7.42. The van der Waals surface area contributed by atoms with Crippen LogP contribution in [0.4, 0.5) is 5.69 Å². The fourth-order valence-electron chi connectivity index (χ4n) is 3.13. The highest BCUT2D eigenvalue weighted by atomic mass is 32.1. The summed E-state index contributed by atoms with van der Waals surface area (Å²) in [5.74, 6) is -0.0965. The van der Waals surface area contributed by atoms with Gasteiger partial charge in [0.2, 0.25) is 0 Å². The molecule has 0 saturated carbocycles. The molecule has 1 aliphatic heterocycles. The molecule has 1 aromatic carbocycles. The molecule has 1 amide bonds. The maximum atomic E-state index is 12.3. The Morgan fingerprint density at radius 2 is 2.12 bits per heavy atom. The number of benzene rings is 1. The molecule has 2 aromatic rings. The number of anilines is 1. The molecule has 1 aliphatic rings. The number of morpholine rings is 1. The van der Waals surface area contributed by atoms with Crippen LogP contribution in [0.15, 0.2) is 29.8 Å². The first kappa shape index (κ1) is 17.1. The highest BCUT2D eigenvalue weighted by Crippen LogP contribution is 2.19. The van der Waals surface area contributed by atoms with E-state index in [2.05, 4.69) is 35.1 Å². The van der Waals surface area contributed by atoms with E-state index in [1.54, 1.807) is 5.51 Å². The molecular formula is C18H23N3O2S. The van der Waals surface area contributed by atoms with Crippen molar-refractivity contribution in [1.29, 1.82) is 0 Å². The summed E-state index contributed by atoms with van der Waals surface area (Å²) < 4.78 is 5.78. The number of carbonyl (C=O) groups is 1. The molecule has 2 atom stereocenters. The van der Waals surface area contributed by atoms with Gasteiger partial charge >= 0.3 is 0 Å². The van der Waals surface area contributed by atoms with Gasteiger partial charge in [-0.3, -0.25) is 9.69 Å². The minimum Gasteiger partial charge on any atom is -0.373 e. The second-order valence-electron chi connectivity index (χ2n) is 6.37. The molecule has 1 aromatic heterocycles. The first-order chi connectivity index (χ1) is 11.5. The van der Waals surface area contributed by atoms with Crippen molar-refractivity contribution in [2.75, 3.05) is 18.4 Å². The normalized spacial score (nSPS) is 21.6. The van der Waals surface area contributed by atoms with E-state index >= 15 is 0 Å². The molecule has 6 heteroatoms. The first-order valence-corrected chi connectivity index (χ1v) is 9.07. The Morgan fingerprint density at radius 3 is 2.79 bits per heavy atom. The molecule has 1 fully saturated rings. The van der Waals surface area contributed by atoms with Crippen molar-refractivity contribution in [2.45, 2.75) is 39.5 Å². The van der Waals surface area contributed by atoms with E-state index in [0.717, 1.165) is 31.0 Å². The van der Waals surface area contributed by atoms with Crippen LogP contribution >= 0.6 is 11.3 Å². The molecule has 128 valence electrons. The Bertz CT molecular complexity index is 706. The van der Waals surface area contributed by atoms with Gasteiger partial charge in [0, 0.05) is 25.3 Å². The third-order valence-electron chi connectivity index (χ3n) is 4.04. The van der Waals surface area contributed by atoms with Gasteiger partial charge in [0.25, 0.3) is 5.91 Å². The Kier molecular flexibility index (Phi) is 5.28. The lowest BCUT2D eigenvalue weighted by atomic mass is 10.1. The minimum absolute atomic E-state index is 0.0965. The zero-order chi connectivity index (χ0) is 17.1. The van der Waals surface area contributed by atoms with Gasteiger partial charge in [-0.15, -0.1) is 11.3 Å². The van der Waals surface area contributed by atoms with Crippen LogP contribution in [0, 0.1) is 6.92 Å². The molecule has 1 saturated heterocycles. The highest BCUT2D eigenvalue weighted by Gasteiger charge is 2.22. The third kappa shape index (κ3) is 4.20. The van der Waals surface area contributed by atoms with E-state index < -0.39 is 0 Å². The largest absolute Gasteiger partial charge is 0.373 e. The van der Waals surface area contributed by atoms with Crippen molar-refractivity contribution in [3.63, 3.8) is 0 Å². The van der Waals surface area contributed by atoms with E-state index in [0.29, 0.717) is 4.88 Å².